The maximum Gasteiger partial charge on any atom is 0.235 e. The van der Waals surface area contributed by atoms with Crippen LogP contribution in [0.25, 0.3) is 28.7 Å². The van der Waals surface area contributed by atoms with Gasteiger partial charge in [0.05, 0.1) is 6.26 Å². The van der Waals surface area contributed by atoms with E-state index in [9.17, 15) is 0 Å². The van der Waals surface area contributed by atoms with Gasteiger partial charge in [0.15, 0.2) is 5.76 Å². The van der Waals surface area contributed by atoms with E-state index in [0.717, 1.165) is 15.5 Å². The lowest BCUT2D eigenvalue weighted by Crippen LogP contribution is -1.88. The number of fused-ring (bicyclic) bond motifs is 1. The van der Waals surface area contributed by atoms with E-state index in [1.54, 1.807) is 10.8 Å². The van der Waals surface area contributed by atoms with Gasteiger partial charge >= 0.3 is 0 Å². The van der Waals surface area contributed by atoms with Crippen LogP contribution in [0, 0.1) is 0 Å². The fourth-order valence-electron chi connectivity index (χ4n) is 1.99. The van der Waals surface area contributed by atoms with Gasteiger partial charge in [-0.1, -0.05) is 47.7 Å². The van der Waals surface area contributed by atoms with Crippen LogP contribution in [0.5, 0.6) is 0 Å². The molecule has 0 radical (unpaired) electrons. The summed E-state index contributed by atoms with van der Waals surface area (Å²) in [6.45, 7) is 0. The second kappa shape index (κ2) is 4.99. The fraction of sp³-hybridized carbons (Fsp3) is 0. The average Bonchev–Trinajstić information content (AvgIpc) is 3.22. The van der Waals surface area contributed by atoms with E-state index in [-0.39, 0.29) is 0 Å². The van der Waals surface area contributed by atoms with Gasteiger partial charge in [0.2, 0.25) is 10.8 Å². The van der Waals surface area contributed by atoms with Crippen LogP contribution < -0.4 is 0 Å². The standard InChI is InChI=1S/C15H10N4OS/c1-2-5-11(6-3-1)8-9-13-18-19-14(12-7-4-10-20-12)16-17-15(19)21-13/h1-10H/b9-8-. The van der Waals surface area contributed by atoms with Crippen LogP contribution in [0.2, 0.25) is 0 Å². The highest BCUT2D eigenvalue weighted by Crippen LogP contribution is 2.22. The summed E-state index contributed by atoms with van der Waals surface area (Å²) < 4.78 is 7.05. The van der Waals surface area contributed by atoms with Crippen molar-refractivity contribution in [2.75, 3.05) is 0 Å². The second-order valence-corrected chi connectivity index (χ2v) is 5.37. The quantitative estimate of drug-likeness (QED) is 0.579. The van der Waals surface area contributed by atoms with Gasteiger partial charge in [-0.3, -0.25) is 0 Å². The minimum atomic E-state index is 0.616. The number of hydrogen-bond acceptors (Lipinski definition) is 5. The first-order chi connectivity index (χ1) is 10.4. The minimum Gasteiger partial charge on any atom is -0.461 e. The van der Waals surface area contributed by atoms with Crippen LogP contribution in [0.4, 0.5) is 0 Å². The van der Waals surface area contributed by atoms with Gasteiger partial charge in [-0.15, -0.1) is 10.2 Å². The Morgan fingerprint density at radius 1 is 1.00 bits per heavy atom. The molecule has 3 heterocycles. The van der Waals surface area contributed by atoms with Gasteiger partial charge in [-0.25, -0.2) is 0 Å². The van der Waals surface area contributed by atoms with Crippen LogP contribution in [-0.4, -0.2) is 19.8 Å². The number of nitrogens with zero attached hydrogens (tertiary/aromatic N) is 4. The maximum absolute atomic E-state index is 5.35. The first-order valence-electron chi connectivity index (χ1n) is 6.39. The highest BCUT2D eigenvalue weighted by Gasteiger charge is 2.13. The number of aromatic nitrogens is 4. The second-order valence-electron chi connectivity index (χ2n) is 4.38. The van der Waals surface area contributed by atoms with Gasteiger partial charge in [0.1, 0.15) is 5.01 Å². The molecule has 0 aliphatic rings. The first kappa shape index (κ1) is 12.0. The molecule has 0 bridgehead atoms. The van der Waals surface area contributed by atoms with Crippen LogP contribution in [0.15, 0.2) is 53.1 Å². The normalized spacial score (nSPS) is 11.6. The zero-order valence-electron chi connectivity index (χ0n) is 10.9. The molecule has 21 heavy (non-hydrogen) atoms. The molecule has 4 aromatic rings. The van der Waals surface area contributed by atoms with Crippen molar-refractivity contribution in [3.63, 3.8) is 0 Å². The molecular weight excluding hydrogens is 284 g/mol. The molecule has 0 aliphatic carbocycles. The van der Waals surface area contributed by atoms with Crippen molar-refractivity contribution >= 4 is 28.4 Å². The zero-order valence-corrected chi connectivity index (χ0v) is 11.7. The molecule has 0 amide bonds. The number of rotatable bonds is 3. The lowest BCUT2D eigenvalue weighted by atomic mass is 10.2. The Kier molecular flexibility index (Phi) is 2.86. The van der Waals surface area contributed by atoms with Crippen molar-refractivity contribution in [2.45, 2.75) is 0 Å². The maximum atomic E-state index is 5.35. The molecule has 5 nitrogen and oxygen atoms in total. The molecule has 6 heteroatoms. The van der Waals surface area contributed by atoms with Gasteiger partial charge < -0.3 is 4.42 Å². The van der Waals surface area contributed by atoms with Crippen LogP contribution in [0.1, 0.15) is 10.6 Å². The Morgan fingerprint density at radius 2 is 1.90 bits per heavy atom. The monoisotopic (exact) mass is 294 g/mol. The predicted octanol–water partition coefficient (Wildman–Crippen LogP) is 3.62. The Bertz CT molecular complexity index is 890. The fourth-order valence-corrected chi connectivity index (χ4v) is 2.73. The predicted molar refractivity (Wildman–Crippen MR) is 81.7 cm³/mol. The van der Waals surface area contributed by atoms with Gasteiger partial charge in [0.25, 0.3) is 0 Å². The van der Waals surface area contributed by atoms with E-state index in [2.05, 4.69) is 15.3 Å². The van der Waals surface area contributed by atoms with Crippen molar-refractivity contribution in [1.82, 2.24) is 19.8 Å². The summed E-state index contributed by atoms with van der Waals surface area (Å²) in [6.07, 6.45) is 5.61. The lowest BCUT2D eigenvalue weighted by Gasteiger charge is -1.90. The summed E-state index contributed by atoms with van der Waals surface area (Å²) in [5, 5.41) is 13.6. The number of hydrogen-bond donors (Lipinski definition) is 0. The zero-order chi connectivity index (χ0) is 14.1. The molecule has 102 valence electrons. The van der Waals surface area contributed by atoms with Crippen molar-refractivity contribution < 1.29 is 4.42 Å². The van der Waals surface area contributed by atoms with Gasteiger partial charge in [0, 0.05) is 0 Å². The van der Waals surface area contributed by atoms with Crippen molar-refractivity contribution in [3.8, 4) is 11.6 Å². The van der Waals surface area contributed by atoms with E-state index >= 15 is 0 Å². The summed E-state index contributed by atoms with van der Waals surface area (Å²) in [5.41, 5.74) is 1.13. The van der Waals surface area contributed by atoms with Gasteiger partial charge in [-0.2, -0.15) is 9.61 Å². The average molecular weight is 294 g/mol. The largest absolute Gasteiger partial charge is 0.461 e. The SMILES string of the molecule is C(=C/c1nn2c(-c3ccco3)nnc2s1)/c1ccccc1. The minimum absolute atomic E-state index is 0.616. The summed E-state index contributed by atoms with van der Waals surface area (Å²) in [6, 6.07) is 13.8. The smallest absolute Gasteiger partial charge is 0.235 e. The van der Waals surface area contributed by atoms with E-state index in [4.69, 9.17) is 4.42 Å². The first-order valence-corrected chi connectivity index (χ1v) is 7.21. The van der Waals surface area contributed by atoms with Crippen molar-refractivity contribution in [2.24, 2.45) is 0 Å². The van der Waals surface area contributed by atoms with E-state index in [1.165, 1.54) is 11.3 Å². The third-order valence-corrected chi connectivity index (χ3v) is 3.83. The van der Waals surface area contributed by atoms with E-state index in [0.29, 0.717) is 11.6 Å². The topological polar surface area (TPSA) is 56.2 Å². The molecule has 0 saturated carbocycles. The Balaban J connectivity index is 1.70. The third kappa shape index (κ3) is 2.25. The van der Waals surface area contributed by atoms with Crippen LogP contribution in [0.3, 0.4) is 0 Å². The molecule has 0 fully saturated rings. The summed E-state index contributed by atoms with van der Waals surface area (Å²) >= 11 is 1.48. The number of furan rings is 1. The molecule has 0 aliphatic heterocycles. The molecule has 0 N–H and O–H groups in total. The molecule has 1 aromatic carbocycles. The van der Waals surface area contributed by atoms with E-state index in [1.807, 2.05) is 54.6 Å². The van der Waals surface area contributed by atoms with E-state index < -0.39 is 0 Å². The van der Waals surface area contributed by atoms with Crippen molar-refractivity contribution in [3.05, 3.63) is 59.3 Å². The molecule has 4 rings (SSSR count). The number of benzene rings is 1. The molecule has 0 spiro atoms. The third-order valence-electron chi connectivity index (χ3n) is 2.97. The summed E-state index contributed by atoms with van der Waals surface area (Å²) in [5.74, 6) is 1.28. The highest BCUT2D eigenvalue weighted by molar-refractivity contribution is 7.17. The molecule has 0 saturated heterocycles. The molecule has 3 aromatic heterocycles. The van der Waals surface area contributed by atoms with Crippen molar-refractivity contribution in [1.29, 1.82) is 0 Å². The Hall–Kier alpha value is -2.73. The summed E-state index contributed by atoms with van der Waals surface area (Å²) in [4.78, 5) is 0.745. The Labute approximate surface area is 124 Å². The van der Waals surface area contributed by atoms with Gasteiger partial charge in [-0.05, 0) is 23.8 Å². The summed E-state index contributed by atoms with van der Waals surface area (Å²) in [7, 11) is 0. The molecular formula is C15H10N4OS. The highest BCUT2D eigenvalue weighted by atomic mass is 32.1. The van der Waals surface area contributed by atoms with Crippen LogP contribution >= 0.6 is 11.3 Å². The molecule has 0 unspecified atom stereocenters. The lowest BCUT2D eigenvalue weighted by molar-refractivity contribution is 0.575. The van der Waals surface area contributed by atoms with Crippen LogP contribution in [-0.2, 0) is 0 Å². The Morgan fingerprint density at radius 3 is 2.71 bits per heavy atom. The molecule has 0 atom stereocenters.